The monoisotopic (exact) mass is 312 g/mol. The number of aliphatic hydroxyl groups excluding tert-OH is 3. The molecule has 1 aliphatic heterocycles. The van der Waals surface area contributed by atoms with Crippen LogP contribution < -0.4 is 11.2 Å². The largest absolute Gasteiger partial charge is 0.417 e. The maximum Gasteiger partial charge on any atom is 0.417 e. The Labute approximate surface area is 114 Å². The van der Waals surface area contributed by atoms with E-state index in [1.807, 2.05) is 4.98 Å². The molecule has 1 unspecified atom stereocenters. The van der Waals surface area contributed by atoms with E-state index in [-0.39, 0.29) is 0 Å². The summed E-state index contributed by atoms with van der Waals surface area (Å²) in [6.07, 6.45) is -15.0. The first kappa shape index (κ1) is 15.7. The average Bonchev–Trinajstić information content (AvgIpc) is 2.65. The lowest BCUT2D eigenvalue weighted by Crippen LogP contribution is -2.46. The molecule has 2 rings (SSSR count). The number of H-pyrrole nitrogens is 1. The van der Waals surface area contributed by atoms with E-state index in [0.29, 0.717) is 4.57 Å². The number of halogens is 3. The number of aromatic nitrogens is 2. The Morgan fingerprint density at radius 2 is 1.90 bits per heavy atom. The maximum atomic E-state index is 12.4. The summed E-state index contributed by atoms with van der Waals surface area (Å²) in [5.74, 6) is 0. The second kappa shape index (κ2) is 5.26. The second-order valence-corrected chi connectivity index (χ2v) is 4.48. The van der Waals surface area contributed by atoms with E-state index in [4.69, 9.17) is 9.84 Å². The molecule has 0 bridgehead atoms. The van der Waals surface area contributed by atoms with Gasteiger partial charge >= 0.3 is 11.9 Å². The molecule has 11 heteroatoms. The third-order valence-corrected chi connectivity index (χ3v) is 3.05. The predicted octanol–water partition coefficient (Wildman–Crippen LogP) is -1.92. The van der Waals surface area contributed by atoms with E-state index in [0.717, 1.165) is 12.3 Å². The molecular weight excluding hydrogens is 301 g/mol. The lowest BCUT2D eigenvalue weighted by atomic mass is 10.1. The van der Waals surface area contributed by atoms with Crippen LogP contribution in [0.3, 0.4) is 0 Å². The molecule has 0 aromatic carbocycles. The van der Waals surface area contributed by atoms with Gasteiger partial charge in [0.05, 0.1) is 0 Å². The van der Waals surface area contributed by atoms with Crippen LogP contribution >= 0.6 is 0 Å². The smallest absolute Gasteiger partial charge is 0.387 e. The molecule has 21 heavy (non-hydrogen) atoms. The standard InChI is InChI=1S/C10H11F3N2O6/c11-10(12,13)7(19)6-4(17)5(18)8(21-6)15-2-1-3(16)14-9(15)20/h1-2,4-8,17-19H,(H,14,16,20)/t4-,5+,6-,7?,8+/m0/s1. The van der Waals surface area contributed by atoms with Crippen LogP contribution in [0.4, 0.5) is 13.2 Å². The maximum absolute atomic E-state index is 12.4. The number of hydrogen-bond acceptors (Lipinski definition) is 6. The summed E-state index contributed by atoms with van der Waals surface area (Å²) in [5, 5.41) is 28.3. The van der Waals surface area contributed by atoms with Gasteiger partial charge in [0.1, 0.15) is 18.3 Å². The molecule has 1 saturated heterocycles. The Bertz CT molecular complexity index is 626. The molecule has 0 spiro atoms. The first-order chi connectivity index (χ1) is 9.62. The van der Waals surface area contributed by atoms with E-state index in [1.165, 1.54) is 0 Å². The summed E-state index contributed by atoms with van der Waals surface area (Å²) < 4.78 is 42.6. The highest BCUT2D eigenvalue weighted by Gasteiger charge is 2.54. The normalized spacial score (nSPS) is 31.3. The molecule has 1 aromatic heterocycles. The molecule has 5 atom stereocenters. The van der Waals surface area contributed by atoms with Gasteiger partial charge < -0.3 is 20.1 Å². The topological polar surface area (TPSA) is 125 Å². The molecule has 1 aliphatic rings. The van der Waals surface area contributed by atoms with Crippen molar-refractivity contribution in [1.82, 2.24) is 9.55 Å². The minimum atomic E-state index is -5.07. The fourth-order valence-electron chi connectivity index (χ4n) is 1.99. The van der Waals surface area contributed by atoms with Crippen LogP contribution in [0.1, 0.15) is 6.23 Å². The Kier molecular flexibility index (Phi) is 3.93. The summed E-state index contributed by atoms with van der Waals surface area (Å²) in [6.45, 7) is 0. The minimum absolute atomic E-state index is 0.610. The highest BCUT2D eigenvalue weighted by atomic mass is 19.4. The van der Waals surface area contributed by atoms with Crippen LogP contribution in [-0.4, -0.2) is 55.5 Å². The second-order valence-electron chi connectivity index (χ2n) is 4.48. The van der Waals surface area contributed by atoms with Crippen molar-refractivity contribution in [1.29, 1.82) is 0 Å². The summed E-state index contributed by atoms with van der Waals surface area (Å²) in [7, 11) is 0. The number of ether oxygens (including phenoxy) is 1. The molecule has 4 N–H and O–H groups in total. The van der Waals surface area contributed by atoms with Gasteiger partial charge in [-0.25, -0.2) is 4.79 Å². The van der Waals surface area contributed by atoms with E-state index < -0.39 is 48.1 Å². The molecule has 0 aliphatic carbocycles. The Morgan fingerprint density at radius 3 is 2.43 bits per heavy atom. The number of rotatable bonds is 2. The van der Waals surface area contributed by atoms with Gasteiger partial charge in [-0.1, -0.05) is 0 Å². The van der Waals surface area contributed by atoms with Crippen molar-refractivity contribution in [2.24, 2.45) is 0 Å². The number of aliphatic hydroxyl groups is 3. The molecule has 0 amide bonds. The van der Waals surface area contributed by atoms with Crippen LogP contribution in [0.2, 0.25) is 0 Å². The Balaban J connectivity index is 2.32. The summed E-state index contributed by atoms with van der Waals surface area (Å²) >= 11 is 0. The van der Waals surface area contributed by atoms with Crippen molar-refractivity contribution in [2.75, 3.05) is 0 Å². The SMILES string of the molecule is O=c1ccn([C@@H]2O[C@H](C(O)C(F)(F)F)[C@@H](O)[C@H]2O)c(=O)[nH]1. The van der Waals surface area contributed by atoms with Gasteiger partial charge in [0.25, 0.3) is 5.56 Å². The van der Waals surface area contributed by atoms with Gasteiger partial charge in [0.2, 0.25) is 0 Å². The van der Waals surface area contributed by atoms with Crippen LogP contribution in [-0.2, 0) is 4.74 Å². The van der Waals surface area contributed by atoms with E-state index in [9.17, 15) is 33.0 Å². The molecule has 1 aromatic rings. The van der Waals surface area contributed by atoms with Crippen LogP contribution in [0, 0.1) is 0 Å². The summed E-state index contributed by atoms with van der Waals surface area (Å²) in [6, 6.07) is 0.886. The van der Waals surface area contributed by atoms with Crippen molar-refractivity contribution in [3.05, 3.63) is 33.1 Å². The van der Waals surface area contributed by atoms with Crippen molar-refractivity contribution < 1.29 is 33.2 Å². The van der Waals surface area contributed by atoms with Gasteiger partial charge in [0, 0.05) is 12.3 Å². The highest BCUT2D eigenvalue weighted by molar-refractivity contribution is 4.96. The first-order valence-electron chi connectivity index (χ1n) is 5.71. The molecule has 1 fully saturated rings. The summed E-state index contributed by atoms with van der Waals surface area (Å²) in [4.78, 5) is 24.2. The van der Waals surface area contributed by atoms with E-state index in [2.05, 4.69) is 0 Å². The number of hydrogen-bond donors (Lipinski definition) is 4. The fraction of sp³-hybridized carbons (Fsp3) is 0.600. The molecule has 0 radical (unpaired) electrons. The minimum Gasteiger partial charge on any atom is -0.387 e. The fourth-order valence-corrected chi connectivity index (χ4v) is 1.99. The number of alkyl halides is 3. The number of aromatic amines is 1. The number of nitrogens with zero attached hydrogens (tertiary/aromatic N) is 1. The zero-order valence-corrected chi connectivity index (χ0v) is 10.2. The van der Waals surface area contributed by atoms with Gasteiger partial charge in [-0.05, 0) is 0 Å². The van der Waals surface area contributed by atoms with Crippen LogP contribution in [0.25, 0.3) is 0 Å². The van der Waals surface area contributed by atoms with Crippen molar-refractivity contribution in [3.63, 3.8) is 0 Å². The molecular formula is C10H11F3N2O6. The molecule has 2 heterocycles. The highest BCUT2D eigenvalue weighted by Crippen LogP contribution is 2.35. The zero-order valence-electron chi connectivity index (χ0n) is 10.2. The lowest BCUT2D eigenvalue weighted by molar-refractivity contribution is -0.244. The summed E-state index contributed by atoms with van der Waals surface area (Å²) in [5.41, 5.74) is -1.79. The van der Waals surface area contributed by atoms with Crippen LogP contribution in [0.15, 0.2) is 21.9 Å². The van der Waals surface area contributed by atoms with E-state index >= 15 is 0 Å². The van der Waals surface area contributed by atoms with Gasteiger partial charge in [-0.2, -0.15) is 13.2 Å². The molecule has 8 nitrogen and oxygen atoms in total. The van der Waals surface area contributed by atoms with Crippen molar-refractivity contribution in [3.8, 4) is 0 Å². The molecule has 0 saturated carbocycles. The quantitative estimate of drug-likeness (QED) is 0.504. The van der Waals surface area contributed by atoms with Gasteiger partial charge in [-0.15, -0.1) is 0 Å². The first-order valence-corrected chi connectivity index (χ1v) is 5.71. The van der Waals surface area contributed by atoms with E-state index in [1.54, 1.807) is 0 Å². The third kappa shape index (κ3) is 2.85. The predicted molar refractivity (Wildman–Crippen MR) is 59.3 cm³/mol. The average molecular weight is 312 g/mol. The van der Waals surface area contributed by atoms with Crippen molar-refractivity contribution in [2.45, 2.75) is 36.8 Å². The van der Waals surface area contributed by atoms with Crippen molar-refractivity contribution >= 4 is 0 Å². The third-order valence-electron chi connectivity index (χ3n) is 3.05. The zero-order chi connectivity index (χ0) is 15.9. The number of nitrogens with one attached hydrogen (secondary N) is 1. The lowest BCUT2D eigenvalue weighted by Gasteiger charge is -2.22. The Morgan fingerprint density at radius 1 is 1.29 bits per heavy atom. The molecule has 118 valence electrons. The van der Waals surface area contributed by atoms with Gasteiger partial charge in [-0.3, -0.25) is 14.3 Å². The van der Waals surface area contributed by atoms with Gasteiger partial charge in [0.15, 0.2) is 12.3 Å². The Hall–Kier alpha value is -1.69. The van der Waals surface area contributed by atoms with Crippen LogP contribution in [0.5, 0.6) is 0 Å².